The van der Waals surface area contributed by atoms with Gasteiger partial charge in [0.05, 0.1) is 23.8 Å². The summed E-state index contributed by atoms with van der Waals surface area (Å²) in [6.45, 7) is 1.92. The van der Waals surface area contributed by atoms with Crippen LogP contribution in [0.1, 0.15) is 30.3 Å². The number of nitrogens with zero attached hydrogens (tertiary/aromatic N) is 2. The number of anilines is 1. The summed E-state index contributed by atoms with van der Waals surface area (Å²) in [5.74, 6) is 0.665. The third-order valence-corrected chi connectivity index (χ3v) is 5.37. The van der Waals surface area contributed by atoms with Gasteiger partial charge in [-0.1, -0.05) is 6.07 Å². The smallest absolute Gasteiger partial charge is 0.412 e. The Kier molecular flexibility index (Phi) is 4.66. The Labute approximate surface area is 162 Å². The van der Waals surface area contributed by atoms with Crippen LogP contribution in [-0.4, -0.2) is 34.3 Å². The zero-order chi connectivity index (χ0) is 19.8. The van der Waals surface area contributed by atoms with E-state index in [0.717, 1.165) is 40.8 Å². The molecule has 0 radical (unpaired) electrons. The summed E-state index contributed by atoms with van der Waals surface area (Å²) < 4.78 is 18.8. The van der Waals surface area contributed by atoms with Crippen LogP contribution in [0.5, 0.6) is 5.75 Å². The topological polar surface area (TPSA) is 78.5 Å². The number of amides is 1. The van der Waals surface area contributed by atoms with Crippen molar-refractivity contribution in [2.24, 2.45) is 0 Å². The van der Waals surface area contributed by atoms with Gasteiger partial charge < -0.3 is 14.8 Å². The van der Waals surface area contributed by atoms with Gasteiger partial charge in [-0.25, -0.2) is 14.2 Å². The van der Waals surface area contributed by atoms with Crippen molar-refractivity contribution in [2.75, 3.05) is 12.0 Å². The first-order valence-corrected chi connectivity index (χ1v) is 9.33. The van der Waals surface area contributed by atoms with Gasteiger partial charge in [-0.15, -0.1) is 0 Å². The molecule has 7 heteroatoms. The van der Waals surface area contributed by atoms with Crippen LogP contribution in [0.4, 0.5) is 14.9 Å². The first-order chi connectivity index (χ1) is 13.5. The fourth-order valence-electron chi connectivity index (χ4n) is 3.90. The van der Waals surface area contributed by atoms with Gasteiger partial charge in [0.25, 0.3) is 0 Å². The molecule has 1 aliphatic heterocycles. The summed E-state index contributed by atoms with van der Waals surface area (Å²) in [6, 6.07) is 8.63. The van der Waals surface area contributed by atoms with E-state index < -0.39 is 6.09 Å². The van der Waals surface area contributed by atoms with Crippen molar-refractivity contribution in [3.05, 3.63) is 53.1 Å². The molecule has 1 aromatic heterocycles. The van der Waals surface area contributed by atoms with Crippen molar-refractivity contribution < 1.29 is 19.0 Å². The lowest BCUT2D eigenvalue weighted by Crippen LogP contribution is -2.41. The lowest BCUT2D eigenvalue weighted by Gasteiger charge is -2.33. The quantitative estimate of drug-likeness (QED) is 0.703. The van der Waals surface area contributed by atoms with Crippen LogP contribution in [0.2, 0.25) is 0 Å². The highest BCUT2D eigenvalue weighted by Gasteiger charge is 2.29. The number of H-pyrrole nitrogens is 1. The van der Waals surface area contributed by atoms with Crippen molar-refractivity contribution in [1.29, 1.82) is 0 Å². The van der Waals surface area contributed by atoms with Gasteiger partial charge in [-0.2, -0.15) is 0 Å². The predicted molar refractivity (Wildman–Crippen MR) is 105 cm³/mol. The van der Waals surface area contributed by atoms with E-state index in [-0.39, 0.29) is 17.6 Å². The van der Waals surface area contributed by atoms with Gasteiger partial charge in [-0.05, 0) is 56.0 Å². The van der Waals surface area contributed by atoms with Crippen LogP contribution in [0.3, 0.4) is 0 Å². The third kappa shape index (κ3) is 3.17. The molecule has 6 nitrogen and oxygen atoms in total. The molecule has 1 amide bonds. The number of hydrogen-bond acceptors (Lipinski definition) is 3. The number of methoxy groups -OCH3 is 1. The predicted octanol–water partition coefficient (Wildman–Crippen LogP) is 4.31. The molecule has 2 heterocycles. The molecule has 0 unspecified atom stereocenters. The number of imidazole rings is 1. The minimum absolute atomic E-state index is 0.0502. The van der Waals surface area contributed by atoms with E-state index >= 15 is 0 Å². The fourth-order valence-corrected chi connectivity index (χ4v) is 3.90. The number of fused-ring (bicyclic) bond motifs is 3. The fraction of sp³-hybridized carbons (Fsp3) is 0.333. The molecular weight excluding hydrogens is 361 g/mol. The highest BCUT2D eigenvalue weighted by molar-refractivity contribution is 5.94. The zero-order valence-electron chi connectivity index (χ0n) is 15.8. The lowest BCUT2D eigenvalue weighted by atomic mass is 9.96. The molecule has 1 aliphatic rings. The first kappa shape index (κ1) is 18.3. The average Bonchev–Trinajstić information content (AvgIpc) is 3.09. The number of aryl methyl sites for hydroxylation is 3. The van der Waals surface area contributed by atoms with Crippen molar-refractivity contribution in [3.63, 3.8) is 0 Å². The van der Waals surface area contributed by atoms with Crippen LogP contribution in [0.15, 0.2) is 30.3 Å². The van der Waals surface area contributed by atoms with E-state index in [4.69, 9.17) is 9.72 Å². The summed E-state index contributed by atoms with van der Waals surface area (Å²) in [5, 5.41) is 9.56. The molecule has 0 saturated heterocycles. The first-order valence-electron chi connectivity index (χ1n) is 9.33. The minimum atomic E-state index is -0.940. The van der Waals surface area contributed by atoms with E-state index in [0.29, 0.717) is 18.5 Å². The highest BCUT2D eigenvalue weighted by atomic mass is 19.1. The summed E-state index contributed by atoms with van der Waals surface area (Å²) >= 11 is 0. The Morgan fingerprint density at radius 1 is 1.36 bits per heavy atom. The van der Waals surface area contributed by atoms with Gasteiger partial charge in [0.1, 0.15) is 5.82 Å². The Morgan fingerprint density at radius 3 is 2.89 bits per heavy atom. The number of rotatable bonds is 4. The molecule has 146 valence electrons. The van der Waals surface area contributed by atoms with E-state index in [9.17, 15) is 14.3 Å². The average molecular weight is 383 g/mol. The van der Waals surface area contributed by atoms with Gasteiger partial charge in [0.2, 0.25) is 0 Å². The highest BCUT2D eigenvalue weighted by Crippen LogP contribution is 2.35. The maximum atomic E-state index is 13.9. The minimum Gasteiger partial charge on any atom is -0.494 e. The van der Waals surface area contributed by atoms with Crippen LogP contribution >= 0.6 is 0 Å². The van der Waals surface area contributed by atoms with Gasteiger partial charge in [0.15, 0.2) is 11.6 Å². The van der Waals surface area contributed by atoms with Crippen LogP contribution < -0.4 is 9.64 Å². The number of benzene rings is 2. The van der Waals surface area contributed by atoms with E-state index in [1.807, 2.05) is 25.1 Å². The Balaban J connectivity index is 1.60. The van der Waals surface area contributed by atoms with E-state index in [1.165, 1.54) is 18.1 Å². The van der Waals surface area contributed by atoms with Crippen LogP contribution in [0.25, 0.3) is 11.0 Å². The van der Waals surface area contributed by atoms with Crippen LogP contribution in [0, 0.1) is 5.82 Å². The van der Waals surface area contributed by atoms with Gasteiger partial charge in [0, 0.05) is 18.0 Å². The molecule has 3 aromatic rings. The van der Waals surface area contributed by atoms with E-state index in [1.54, 1.807) is 6.07 Å². The van der Waals surface area contributed by atoms with Crippen molar-refractivity contribution >= 4 is 22.8 Å². The number of halogens is 1. The number of carboxylic acid groups (broad SMARTS) is 1. The van der Waals surface area contributed by atoms with E-state index in [2.05, 4.69) is 4.98 Å². The Hall–Kier alpha value is -3.09. The molecule has 28 heavy (non-hydrogen) atoms. The van der Waals surface area contributed by atoms with Crippen molar-refractivity contribution in [3.8, 4) is 5.75 Å². The van der Waals surface area contributed by atoms with Crippen molar-refractivity contribution in [2.45, 2.75) is 38.6 Å². The maximum Gasteiger partial charge on any atom is 0.412 e. The normalized spacial score (nSPS) is 16.2. The zero-order valence-corrected chi connectivity index (χ0v) is 15.8. The van der Waals surface area contributed by atoms with Crippen molar-refractivity contribution in [1.82, 2.24) is 9.97 Å². The molecule has 0 bridgehead atoms. The molecule has 2 N–H and O–H groups in total. The monoisotopic (exact) mass is 383 g/mol. The summed E-state index contributed by atoms with van der Waals surface area (Å²) in [5.41, 5.74) is 4.28. The number of aromatic nitrogens is 2. The second-order valence-electron chi connectivity index (χ2n) is 7.15. The SMILES string of the molecule is COc1ccc(CCc2nc3c4c(ccc3[nH]2)N(C(=O)O)[C@@H](C)CC4)cc1F. The molecule has 4 rings (SSSR count). The molecule has 0 fully saturated rings. The number of ether oxygens (including phenoxy) is 1. The number of hydrogen-bond donors (Lipinski definition) is 2. The Morgan fingerprint density at radius 2 is 2.18 bits per heavy atom. The number of nitrogens with one attached hydrogen (secondary N) is 1. The largest absolute Gasteiger partial charge is 0.494 e. The maximum absolute atomic E-state index is 13.9. The van der Waals surface area contributed by atoms with Crippen LogP contribution in [-0.2, 0) is 19.3 Å². The number of aromatic amines is 1. The third-order valence-electron chi connectivity index (χ3n) is 5.37. The second-order valence-corrected chi connectivity index (χ2v) is 7.15. The van der Waals surface area contributed by atoms with Gasteiger partial charge in [-0.3, -0.25) is 4.90 Å². The molecule has 0 spiro atoms. The summed E-state index contributed by atoms with van der Waals surface area (Å²) in [7, 11) is 1.44. The number of carbonyl (C=O) groups is 1. The standard InChI is InChI=1S/C21H22FN3O3/c1-12-3-6-14-17(25(12)21(26)27)8-7-16-20(14)24-19(23-16)10-5-13-4-9-18(28-2)15(22)11-13/h4,7-9,11-12H,3,5-6,10H2,1-2H3,(H,23,24)(H,26,27)/t12-/m0/s1. The molecule has 0 saturated carbocycles. The molecule has 1 atom stereocenters. The Bertz CT molecular complexity index is 1050. The second kappa shape index (κ2) is 7.14. The molecular formula is C21H22FN3O3. The summed E-state index contributed by atoms with van der Waals surface area (Å²) in [4.78, 5) is 21.1. The molecule has 0 aliphatic carbocycles. The molecule has 2 aromatic carbocycles. The lowest BCUT2D eigenvalue weighted by molar-refractivity contribution is 0.198. The van der Waals surface area contributed by atoms with Gasteiger partial charge >= 0.3 is 6.09 Å². The summed E-state index contributed by atoms with van der Waals surface area (Å²) in [6.07, 6.45) is 1.90.